The van der Waals surface area contributed by atoms with Gasteiger partial charge in [-0.25, -0.2) is 9.59 Å². The molecule has 0 saturated carbocycles. The van der Waals surface area contributed by atoms with Crippen LogP contribution in [0.5, 0.6) is 0 Å². The summed E-state index contributed by atoms with van der Waals surface area (Å²) in [5.74, 6) is -0.507. The third-order valence-electron chi connectivity index (χ3n) is 2.28. The molecule has 0 bridgehead atoms. The fourth-order valence-corrected chi connectivity index (χ4v) is 1.44. The molecule has 2 rings (SSSR count). The number of aldehydes is 1. The van der Waals surface area contributed by atoms with Crippen LogP contribution in [0, 0.1) is 0 Å². The number of fused-ring (bicyclic) bond motifs is 1. The van der Waals surface area contributed by atoms with Gasteiger partial charge in [-0.3, -0.25) is 4.79 Å². The normalized spacial score (nSPS) is 10.4. The third-order valence-corrected chi connectivity index (χ3v) is 2.28. The molecule has 1 N–H and O–H groups in total. The lowest BCUT2D eigenvalue weighted by molar-refractivity contribution is -0.143. The maximum absolute atomic E-state index is 11.5. The van der Waals surface area contributed by atoms with E-state index in [4.69, 9.17) is 4.84 Å². The summed E-state index contributed by atoms with van der Waals surface area (Å²) in [6, 6.07) is 4.60. The lowest BCUT2D eigenvalue weighted by Gasteiger charge is -2.02. The van der Waals surface area contributed by atoms with E-state index in [9.17, 15) is 14.4 Å². The number of hydrogen-bond acceptors (Lipinski definition) is 4. The lowest BCUT2D eigenvalue weighted by Crippen LogP contribution is -2.28. The molecular formula is C11H10N2O4. The zero-order valence-electron chi connectivity index (χ0n) is 9.10. The number of rotatable bonds is 3. The Morgan fingerprint density at radius 3 is 2.94 bits per heavy atom. The van der Waals surface area contributed by atoms with Gasteiger partial charge in [0.1, 0.15) is 11.8 Å². The van der Waals surface area contributed by atoms with Crippen LogP contribution in [0.15, 0.2) is 23.0 Å². The highest BCUT2D eigenvalue weighted by Gasteiger charge is 2.10. The minimum atomic E-state index is -0.551. The highest BCUT2D eigenvalue weighted by molar-refractivity contribution is 5.85. The van der Waals surface area contributed by atoms with Crippen LogP contribution in [0.3, 0.4) is 0 Å². The van der Waals surface area contributed by atoms with Crippen molar-refractivity contribution >= 4 is 23.3 Å². The minimum Gasteiger partial charge on any atom is -0.332 e. The molecule has 6 nitrogen and oxygen atoms in total. The van der Waals surface area contributed by atoms with Crippen LogP contribution >= 0.6 is 0 Å². The predicted octanol–water partition coefficient (Wildman–Crippen LogP) is 0.507. The molecule has 0 fully saturated rings. The molecule has 0 aliphatic heterocycles. The first-order valence-corrected chi connectivity index (χ1v) is 5.07. The summed E-state index contributed by atoms with van der Waals surface area (Å²) in [7, 11) is 0. The van der Waals surface area contributed by atoms with Crippen molar-refractivity contribution in [3.8, 4) is 0 Å². The standard InChI is InChI=1S/C11H10N2O4/c1-2-10(15)17-13-9-4-3-7(6-14)5-8(9)12-11(13)16/h3-6H,2H2,1H3,(H,12,16). The third kappa shape index (κ3) is 1.96. The van der Waals surface area contributed by atoms with Gasteiger partial charge < -0.3 is 9.82 Å². The maximum Gasteiger partial charge on any atom is 0.360 e. The van der Waals surface area contributed by atoms with Crippen molar-refractivity contribution in [1.29, 1.82) is 0 Å². The summed E-state index contributed by atoms with van der Waals surface area (Å²) in [5, 5.41) is 0. The van der Waals surface area contributed by atoms with Gasteiger partial charge in [-0.2, -0.15) is 0 Å². The molecule has 0 atom stereocenters. The number of H-pyrrole nitrogens is 1. The number of aromatic nitrogens is 2. The molecule has 0 amide bonds. The Morgan fingerprint density at radius 2 is 2.29 bits per heavy atom. The Bertz CT molecular complexity index is 638. The largest absolute Gasteiger partial charge is 0.360 e. The summed E-state index contributed by atoms with van der Waals surface area (Å²) in [4.78, 5) is 40.6. The van der Waals surface area contributed by atoms with Crippen LogP contribution in [0.4, 0.5) is 0 Å². The molecule has 1 heterocycles. The van der Waals surface area contributed by atoms with Crippen molar-refractivity contribution < 1.29 is 14.4 Å². The molecule has 0 aliphatic rings. The Hall–Kier alpha value is -2.37. The number of aromatic amines is 1. The second-order valence-electron chi connectivity index (χ2n) is 3.44. The molecule has 0 unspecified atom stereocenters. The Balaban J connectivity index is 2.56. The van der Waals surface area contributed by atoms with E-state index >= 15 is 0 Å². The van der Waals surface area contributed by atoms with Gasteiger partial charge >= 0.3 is 11.7 Å². The van der Waals surface area contributed by atoms with Gasteiger partial charge in [0.25, 0.3) is 0 Å². The van der Waals surface area contributed by atoms with Gasteiger partial charge in [-0.1, -0.05) is 6.92 Å². The van der Waals surface area contributed by atoms with Crippen LogP contribution in [-0.2, 0) is 4.79 Å². The molecule has 88 valence electrons. The van der Waals surface area contributed by atoms with E-state index < -0.39 is 11.7 Å². The van der Waals surface area contributed by atoms with Crippen LogP contribution in [0.25, 0.3) is 11.0 Å². The average Bonchev–Trinajstić information content (AvgIpc) is 2.64. The van der Waals surface area contributed by atoms with Crippen molar-refractivity contribution in [3.05, 3.63) is 34.2 Å². The Morgan fingerprint density at radius 1 is 1.53 bits per heavy atom. The van der Waals surface area contributed by atoms with Crippen LogP contribution in [0.1, 0.15) is 23.7 Å². The first-order chi connectivity index (χ1) is 8.15. The Kier molecular flexibility index (Phi) is 2.78. The van der Waals surface area contributed by atoms with Gasteiger partial charge in [0, 0.05) is 12.0 Å². The molecule has 2 aromatic rings. The second kappa shape index (κ2) is 4.25. The first-order valence-electron chi connectivity index (χ1n) is 5.07. The molecular weight excluding hydrogens is 224 g/mol. The van der Waals surface area contributed by atoms with Crippen molar-refractivity contribution in [1.82, 2.24) is 9.71 Å². The van der Waals surface area contributed by atoms with Gasteiger partial charge in [-0.15, -0.1) is 4.73 Å². The van der Waals surface area contributed by atoms with Crippen molar-refractivity contribution in [3.63, 3.8) is 0 Å². The zero-order valence-corrected chi connectivity index (χ0v) is 9.10. The van der Waals surface area contributed by atoms with E-state index in [1.807, 2.05) is 0 Å². The van der Waals surface area contributed by atoms with Gasteiger partial charge in [0.05, 0.1) is 5.52 Å². The average molecular weight is 234 g/mol. The Labute approximate surface area is 95.8 Å². The van der Waals surface area contributed by atoms with Crippen LogP contribution in [0.2, 0.25) is 0 Å². The highest BCUT2D eigenvalue weighted by Crippen LogP contribution is 2.10. The van der Waals surface area contributed by atoms with E-state index in [1.54, 1.807) is 19.1 Å². The van der Waals surface area contributed by atoms with E-state index in [1.165, 1.54) is 6.07 Å². The quantitative estimate of drug-likeness (QED) is 0.784. The van der Waals surface area contributed by atoms with Gasteiger partial charge in [0.2, 0.25) is 0 Å². The summed E-state index contributed by atoms with van der Waals surface area (Å²) >= 11 is 0. The molecule has 0 aliphatic carbocycles. The SMILES string of the molecule is CCC(=O)On1c(=O)[nH]c2cc(C=O)ccc21. The first kappa shape index (κ1) is 11.1. The zero-order chi connectivity index (χ0) is 12.4. The summed E-state index contributed by atoms with van der Waals surface area (Å²) in [6.07, 6.45) is 0.846. The number of nitrogens with zero attached hydrogens (tertiary/aromatic N) is 1. The highest BCUT2D eigenvalue weighted by atomic mass is 16.7. The monoisotopic (exact) mass is 234 g/mol. The summed E-state index contributed by atoms with van der Waals surface area (Å²) in [6.45, 7) is 1.63. The molecule has 1 aromatic heterocycles. The second-order valence-corrected chi connectivity index (χ2v) is 3.44. The molecule has 0 radical (unpaired) electrons. The lowest BCUT2D eigenvalue weighted by atomic mass is 10.2. The summed E-state index contributed by atoms with van der Waals surface area (Å²) in [5.41, 5.74) is 0.753. The fraction of sp³-hybridized carbons (Fsp3) is 0.182. The maximum atomic E-state index is 11.5. The van der Waals surface area contributed by atoms with Crippen molar-refractivity contribution in [2.45, 2.75) is 13.3 Å². The number of carbonyl (C=O) groups excluding carboxylic acids is 2. The summed E-state index contributed by atoms with van der Waals surface area (Å²) < 4.78 is 0.885. The number of nitrogens with one attached hydrogen (secondary N) is 1. The van der Waals surface area contributed by atoms with Gasteiger partial charge in [0.15, 0.2) is 0 Å². The smallest absolute Gasteiger partial charge is 0.332 e. The van der Waals surface area contributed by atoms with Crippen molar-refractivity contribution in [2.24, 2.45) is 0 Å². The van der Waals surface area contributed by atoms with E-state index in [0.29, 0.717) is 22.9 Å². The molecule has 0 saturated heterocycles. The molecule has 1 aromatic carbocycles. The fourth-order valence-electron chi connectivity index (χ4n) is 1.44. The van der Waals surface area contributed by atoms with E-state index in [-0.39, 0.29) is 6.42 Å². The number of carbonyl (C=O) groups is 2. The van der Waals surface area contributed by atoms with Crippen molar-refractivity contribution in [2.75, 3.05) is 0 Å². The van der Waals surface area contributed by atoms with Crippen LogP contribution in [-0.4, -0.2) is 22.0 Å². The molecule has 0 spiro atoms. The topological polar surface area (TPSA) is 81.2 Å². The number of hydrogen-bond donors (Lipinski definition) is 1. The van der Waals surface area contributed by atoms with Gasteiger partial charge in [-0.05, 0) is 18.2 Å². The van der Waals surface area contributed by atoms with E-state index in [0.717, 1.165) is 4.73 Å². The van der Waals surface area contributed by atoms with Crippen LogP contribution < -0.4 is 10.5 Å². The molecule has 6 heteroatoms. The predicted molar refractivity (Wildman–Crippen MR) is 59.8 cm³/mol. The van der Waals surface area contributed by atoms with E-state index in [2.05, 4.69) is 4.98 Å². The minimum absolute atomic E-state index is 0.172. The number of imidazole rings is 1. The number of benzene rings is 1. The molecule has 17 heavy (non-hydrogen) atoms.